The average molecular weight is 288 g/mol. The molecule has 0 radical (unpaired) electrons. The second-order valence-electron chi connectivity index (χ2n) is 5.20. The number of rotatable bonds is 5. The smallest absolute Gasteiger partial charge is 0.0681 e. The van der Waals surface area contributed by atoms with Crippen LogP contribution in [0.2, 0.25) is 0 Å². The summed E-state index contributed by atoms with van der Waals surface area (Å²) in [6.07, 6.45) is 0. The molecule has 0 bridgehead atoms. The molecular formula is C17H20O2S. The first kappa shape index (κ1) is 14.9. The molecule has 0 aliphatic carbocycles. The largest absolute Gasteiger partial charge is 0.392 e. The molecular weight excluding hydrogens is 268 g/mol. The molecule has 2 rings (SSSR count). The fourth-order valence-electron chi connectivity index (χ4n) is 2.32. The van der Waals surface area contributed by atoms with Gasteiger partial charge in [0, 0.05) is 22.3 Å². The maximum atomic E-state index is 12.2. The van der Waals surface area contributed by atoms with Crippen LogP contribution in [0.3, 0.4) is 0 Å². The van der Waals surface area contributed by atoms with Crippen LogP contribution in [0.25, 0.3) is 0 Å². The average Bonchev–Trinajstić information content (AvgIpc) is 2.38. The lowest BCUT2D eigenvalue weighted by Crippen LogP contribution is -2.00. The zero-order valence-electron chi connectivity index (χ0n) is 11.9. The van der Waals surface area contributed by atoms with Crippen LogP contribution in [-0.2, 0) is 28.9 Å². The molecule has 0 saturated carbocycles. The van der Waals surface area contributed by atoms with Gasteiger partial charge in [-0.2, -0.15) is 0 Å². The van der Waals surface area contributed by atoms with Gasteiger partial charge in [-0.1, -0.05) is 53.6 Å². The summed E-state index contributed by atoms with van der Waals surface area (Å²) in [5, 5.41) is 9.00. The summed E-state index contributed by atoms with van der Waals surface area (Å²) in [5.74, 6) is 1.14. The molecule has 0 aliphatic rings. The van der Waals surface area contributed by atoms with E-state index in [0.717, 1.165) is 16.7 Å². The number of aryl methyl sites for hydroxylation is 2. The van der Waals surface area contributed by atoms with Gasteiger partial charge in [0.25, 0.3) is 0 Å². The van der Waals surface area contributed by atoms with Crippen molar-refractivity contribution in [1.82, 2.24) is 0 Å². The SMILES string of the molecule is Cc1cc(C)cc(CS(=O)Cc2ccc(CO)cc2)c1. The third-order valence-corrected chi connectivity index (χ3v) is 4.45. The van der Waals surface area contributed by atoms with Gasteiger partial charge in [0.05, 0.1) is 6.61 Å². The lowest BCUT2D eigenvalue weighted by Gasteiger charge is -2.06. The Morgan fingerprint density at radius 1 is 0.850 bits per heavy atom. The molecule has 0 aromatic heterocycles. The molecule has 0 saturated heterocycles. The Morgan fingerprint density at radius 2 is 1.35 bits per heavy atom. The third kappa shape index (κ3) is 4.29. The Bertz CT molecular complexity index is 583. The van der Waals surface area contributed by atoms with Crippen LogP contribution in [0.4, 0.5) is 0 Å². The lowest BCUT2D eigenvalue weighted by molar-refractivity contribution is 0.282. The zero-order valence-corrected chi connectivity index (χ0v) is 12.7. The highest BCUT2D eigenvalue weighted by molar-refractivity contribution is 7.83. The quantitative estimate of drug-likeness (QED) is 0.917. The molecule has 0 amide bonds. The van der Waals surface area contributed by atoms with Gasteiger partial charge >= 0.3 is 0 Å². The highest BCUT2D eigenvalue weighted by Gasteiger charge is 2.05. The highest BCUT2D eigenvalue weighted by Crippen LogP contribution is 2.14. The van der Waals surface area contributed by atoms with Crippen molar-refractivity contribution in [2.75, 3.05) is 0 Å². The number of benzene rings is 2. The van der Waals surface area contributed by atoms with Gasteiger partial charge < -0.3 is 5.11 Å². The van der Waals surface area contributed by atoms with Gasteiger partial charge in [0.1, 0.15) is 0 Å². The third-order valence-electron chi connectivity index (χ3n) is 3.14. The van der Waals surface area contributed by atoms with Crippen LogP contribution in [0.5, 0.6) is 0 Å². The summed E-state index contributed by atoms with van der Waals surface area (Å²) in [6.45, 7) is 4.17. The van der Waals surface area contributed by atoms with Gasteiger partial charge in [0.2, 0.25) is 0 Å². The van der Waals surface area contributed by atoms with Crippen LogP contribution >= 0.6 is 0 Å². The minimum Gasteiger partial charge on any atom is -0.392 e. The van der Waals surface area contributed by atoms with Crippen molar-refractivity contribution < 1.29 is 9.32 Å². The Balaban J connectivity index is 2.01. The first-order valence-electron chi connectivity index (χ1n) is 6.67. The van der Waals surface area contributed by atoms with Crippen LogP contribution < -0.4 is 0 Å². The molecule has 1 atom stereocenters. The number of hydrogen-bond acceptors (Lipinski definition) is 2. The van der Waals surface area contributed by atoms with E-state index in [0.29, 0.717) is 11.5 Å². The molecule has 0 heterocycles. The van der Waals surface area contributed by atoms with Crippen LogP contribution in [0.1, 0.15) is 27.8 Å². The molecule has 20 heavy (non-hydrogen) atoms. The van der Waals surface area contributed by atoms with Crippen LogP contribution in [0.15, 0.2) is 42.5 Å². The molecule has 3 heteroatoms. The minimum absolute atomic E-state index is 0.0476. The second-order valence-corrected chi connectivity index (χ2v) is 6.66. The van der Waals surface area contributed by atoms with Gasteiger partial charge in [0.15, 0.2) is 0 Å². The van der Waals surface area contributed by atoms with E-state index in [1.54, 1.807) is 0 Å². The molecule has 1 unspecified atom stereocenters. The van der Waals surface area contributed by atoms with E-state index in [1.165, 1.54) is 11.1 Å². The molecule has 0 fully saturated rings. The van der Waals surface area contributed by atoms with Crippen LogP contribution in [0, 0.1) is 13.8 Å². The van der Waals surface area contributed by atoms with Crippen molar-refractivity contribution in [3.05, 3.63) is 70.3 Å². The van der Waals surface area contributed by atoms with Crippen molar-refractivity contribution in [1.29, 1.82) is 0 Å². The van der Waals surface area contributed by atoms with Gasteiger partial charge in [-0.3, -0.25) is 4.21 Å². The second kappa shape index (κ2) is 6.82. The lowest BCUT2D eigenvalue weighted by atomic mass is 10.1. The Morgan fingerprint density at radius 3 is 1.90 bits per heavy atom. The van der Waals surface area contributed by atoms with Crippen molar-refractivity contribution in [3.8, 4) is 0 Å². The van der Waals surface area contributed by atoms with E-state index >= 15 is 0 Å². The van der Waals surface area contributed by atoms with E-state index in [9.17, 15) is 4.21 Å². The summed E-state index contributed by atoms with van der Waals surface area (Å²) in [7, 11) is -0.910. The van der Waals surface area contributed by atoms with E-state index in [4.69, 9.17) is 5.11 Å². The molecule has 2 aromatic rings. The number of hydrogen-bond donors (Lipinski definition) is 1. The summed E-state index contributed by atoms with van der Waals surface area (Å²) in [5.41, 5.74) is 5.49. The van der Waals surface area contributed by atoms with Gasteiger partial charge in [-0.15, -0.1) is 0 Å². The molecule has 0 aliphatic heterocycles. The number of aliphatic hydroxyl groups excluding tert-OH is 1. The summed E-state index contributed by atoms with van der Waals surface area (Å²) >= 11 is 0. The van der Waals surface area contributed by atoms with Gasteiger partial charge in [-0.25, -0.2) is 0 Å². The Labute approximate surface area is 122 Å². The first-order valence-corrected chi connectivity index (χ1v) is 8.16. The van der Waals surface area contributed by atoms with E-state index in [-0.39, 0.29) is 6.61 Å². The predicted molar refractivity (Wildman–Crippen MR) is 83.8 cm³/mol. The monoisotopic (exact) mass is 288 g/mol. The standard InChI is InChI=1S/C17H20O2S/c1-13-7-14(2)9-17(8-13)12-20(19)11-16-5-3-15(10-18)4-6-16/h3-9,18H,10-12H2,1-2H3. The summed E-state index contributed by atoms with van der Waals surface area (Å²) in [6, 6.07) is 13.9. The fraction of sp³-hybridized carbons (Fsp3) is 0.294. The first-order chi connectivity index (χ1) is 9.56. The Hall–Kier alpha value is -1.45. The van der Waals surface area contributed by atoms with Crippen molar-refractivity contribution in [2.45, 2.75) is 32.0 Å². The summed E-state index contributed by atoms with van der Waals surface area (Å²) < 4.78 is 12.2. The highest BCUT2D eigenvalue weighted by atomic mass is 32.2. The fourth-order valence-corrected chi connectivity index (χ4v) is 3.52. The molecule has 2 aromatic carbocycles. The van der Waals surface area contributed by atoms with Crippen molar-refractivity contribution in [2.24, 2.45) is 0 Å². The maximum absolute atomic E-state index is 12.2. The van der Waals surface area contributed by atoms with Crippen LogP contribution in [-0.4, -0.2) is 9.32 Å². The topological polar surface area (TPSA) is 37.3 Å². The predicted octanol–water partition coefficient (Wildman–Crippen LogP) is 3.24. The van der Waals surface area contributed by atoms with E-state index in [2.05, 4.69) is 32.0 Å². The van der Waals surface area contributed by atoms with E-state index in [1.807, 2.05) is 24.3 Å². The van der Waals surface area contributed by atoms with Crippen molar-refractivity contribution in [3.63, 3.8) is 0 Å². The molecule has 1 N–H and O–H groups in total. The van der Waals surface area contributed by atoms with E-state index < -0.39 is 10.8 Å². The zero-order chi connectivity index (χ0) is 14.5. The van der Waals surface area contributed by atoms with Crippen molar-refractivity contribution >= 4 is 10.8 Å². The Kier molecular flexibility index (Phi) is 5.10. The minimum atomic E-state index is -0.910. The normalized spacial score (nSPS) is 12.3. The summed E-state index contributed by atoms with van der Waals surface area (Å²) in [4.78, 5) is 0. The molecule has 0 spiro atoms. The number of aliphatic hydroxyl groups is 1. The maximum Gasteiger partial charge on any atom is 0.0681 e. The van der Waals surface area contributed by atoms with Gasteiger partial charge in [-0.05, 0) is 30.5 Å². The molecule has 106 valence electrons. The molecule has 2 nitrogen and oxygen atoms in total.